The molecule has 1 saturated heterocycles. The second-order valence-electron chi connectivity index (χ2n) is 5.12. The zero-order chi connectivity index (χ0) is 13.0. The Labute approximate surface area is 108 Å². The number of nitrogens with zero attached hydrogens (tertiary/aromatic N) is 3. The highest BCUT2D eigenvalue weighted by molar-refractivity contribution is 5.95. The Morgan fingerprint density at radius 2 is 2.28 bits per heavy atom. The summed E-state index contributed by atoms with van der Waals surface area (Å²) < 4.78 is 1.87. The average Bonchev–Trinajstić information content (AvgIpc) is 2.89. The van der Waals surface area contributed by atoms with Gasteiger partial charge < -0.3 is 5.32 Å². The number of hydrogen-bond donors (Lipinski definition) is 1. The van der Waals surface area contributed by atoms with Crippen LogP contribution in [0.5, 0.6) is 0 Å². The number of piperidine rings is 1. The molecule has 5 heteroatoms. The molecule has 100 valence electrons. The van der Waals surface area contributed by atoms with Gasteiger partial charge >= 0.3 is 0 Å². The first-order valence-corrected chi connectivity index (χ1v) is 6.89. The van der Waals surface area contributed by atoms with E-state index in [4.69, 9.17) is 0 Å². The van der Waals surface area contributed by atoms with E-state index >= 15 is 0 Å². The Hall–Kier alpha value is -1.23. The fourth-order valence-corrected chi connectivity index (χ4v) is 2.46. The van der Waals surface area contributed by atoms with Gasteiger partial charge in [0.2, 0.25) is 0 Å². The van der Waals surface area contributed by atoms with Crippen LogP contribution in [0.1, 0.15) is 56.1 Å². The van der Waals surface area contributed by atoms with Gasteiger partial charge in [-0.2, -0.15) is 0 Å². The molecule has 5 nitrogen and oxygen atoms in total. The first-order valence-electron chi connectivity index (χ1n) is 6.89. The lowest BCUT2D eigenvalue weighted by Crippen LogP contribution is -2.29. The van der Waals surface area contributed by atoms with Crippen molar-refractivity contribution < 1.29 is 4.79 Å². The maximum Gasteiger partial charge on any atom is 0.187 e. The summed E-state index contributed by atoms with van der Waals surface area (Å²) >= 11 is 0. The lowest BCUT2D eigenvalue weighted by atomic mass is 9.99. The highest BCUT2D eigenvalue weighted by atomic mass is 16.1. The fraction of sp³-hybridized carbons (Fsp3) is 0.769. The lowest BCUT2D eigenvalue weighted by molar-refractivity contribution is 0.0918. The minimum Gasteiger partial charge on any atom is -0.317 e. The largest absolute Gasteiger partial charge is 0.317 e. The van der Waals surface area contributed by atoms with Crippen molar-refractivity contribution in [2.75, 3.05) is 13.1 Å². The molecule has 1 unspecified atom stereocenters. The van der Waals surface area contributed by atoms with Gasteiger partial charge in [0.25, 0.3) is 0 Å². The number of carbonyl (C=O) groups excluding carboxylic acids is 1. The first kappa shape index (κ1) is 13.2. The fourth-order valence-electron chi connectivity index (χ4n) is 2.46. The minimum atomic E-state index is 0.0492. The van der Waals surface area contributed by atoms with Crippen molar-refractivity contribution in [1.29, 1.82) is 0 Å². The topological polar surface area (TPSA) is 59.8 Å². The Morgan fingerprint density at radius 3 is 2.94 bits per heavy atom. The molecule has 1 aliphatic heterocycles. The van der Waals surface area contributed by atoms with E-state index in [9.17, 15) is 4.79 Å². The molecule has 1 aliphatic rings. The molecule has 1 atom stereocenters. The van der Waals surface area contributed by atoms with Crippen LogP contribution in [-0.2, 0) is 0 Å². The molecule has 18 heavy (non-hydrogen) atoms. The molecule has 2 heterocycles. The van der Waals surface area contributed by atoms with E-state index in [1.807, 2.05) is 17.8 Å². The summed E-state index contributed by atoms with van der Waals surface area (Å²) in [6, 6.07) is 0.391. The summed E-state index contributed by atoms with van der Waals surface area (Å²) in [6.45, 7) is 6.09. The molecule has 1 aromatic heterocycles. The molecule has 0 spiro atoms. The van der Waals surface area contributed by atoms with Crippen LogP contribution < -0.4 is 5.32 Å². The summed E-state index contributed by atoms with van der Waals surface area (Å²) in [5.41, 5.74) is 0.523. The normalized spacial score (nSPS) is 18.8. The van der Waals surface area contributed by atoms with E-state index in [0.717, 1.165) is 38.8 Å². The van der Waals surface area contributed by atoms with Crippen LogP contribution in [0.25, 0.3) is 0 Å². The van der Waals surface area contributed by atoms with Crippen LogP contribution in [0.15, 0.2) is 6.20 Å². The second kappa shape index (κ2) is 6.09. The SMILES string of the molecule is CCCC(C)C(=O)c1cn(C2CCNCC2)nn1. The van der Waals surface area contributed by atoms with Gasteiger partial charge in [0.1, 0.15) is 5.69 Å². The molecule has 1 fully saturated rings. The monoisotopic (exact) mass is 250 g/mol. The van der Waals surface area contributed by atoms with E-state index in [-0.39, 0.29) is 11.7 Å². The molecule has 1 aromatic rings. The van der Waals surface area contributed by atoms with Crippen molar-refractivity contribution >= 4 is 5.78 Å². The molecule has 0 radical (unpaired) electrons. The molecule has 0 amide bonds. The Morgan fingerprint density at radius 1 is 1.56 bits per heavy atom. The van der Waals surface area contributed by atoms with E-state index in [1.165, 1.54) is 0 Å². The molecule has 0 aromatic carbocycles. The van der Waals surface area contributed by atoms with Gasteiger partial charge in [0, 0.05) is 5.92 Å². The number of carbonyl (C=O) groups is 1. The van der Waals surface area contributed by atoms with Gasteiger partial charge in [-0.15, -0.1) is 5.10 Å². The van der Waals surface area contributed by atoms with Crippen molar-refractivity contribution in [2.24, 2.45) is 5.92 Å². The van der Waals surface area contributed by atoms with Crippen LogP contribution in [0.2, 0.25) is 0 Å². The van der Waals surface area contributed by atoms with Gasteiger partial charge in [-0.25, -0.2) is 4.68 Å². The van der Waals surface area contributed by atoms with Crippen LogP contribution >= 0.6 is 0 Å². The van der Waals surface area contributed by atoms with E-state index in [0.29, 0.717) is 11.7 Å². The zero-order valence-electron chi connectivity index (χ0n) is 11.2. The predicted molar refractivity (Wildman–Crippen MR) is 69.6 cm³/mol. The smallest absolute Gasteiger partial charge is 0.187 e. The highest BCUT2D eigenvalue weighted by Gasteiger charge is 2.21. The zero-order valence-corrected chi connectivity index (χ0v) is 11.2. The van der Waals surface area contributed by atoms with Crippen molar-refractivity contribution in [3.63, 3.8) is 0 Å². The van der Waals surface area contributed by atoms with Crippen molar-refractivity contribution in [3.05, 3.63) is 11.9 Å². The minimum absolute atomic E-state index is 0.0492. The van der Waals surface area contributed by atoms with Crippen LogP contribution in [-0.4, -0.2) is 33.9 Å². The Balaban J connectivity index is 2.02. The van der Waals surface area contributed by atoms with E-state index in [1.54, 1.807) is 0 Å². The number of aromatic nitrogens is 3. The standard InChI is InChI=1S/C13H22N4O/c1-3-4-10(2)13(18)12-9-17(16-15-12)11-5-7-14-8-6-11/h9-11,14H,3-8H2,1-2H3. The third kappa shape index (κ3) is 2.96. The third-order valence-corrected chi connectivity index (χ3v) is 3.61. The Bertz CT molecular complexity index is 395. The van der Waals surface area contributed by atoms with Crippen LogP contribution in [0.3, 0.4) is 0 Å². The second-order valence-corrected chi connectivity index (χ2v) is 5.12. The van der Waals surface area contributed by atoms with Gasteiger partial charge in [0.15, 0.2) is 5.78 Å². The third-order valence-electron chi connectivity index (χ3n) is 3.61. The maximum absolute atomic E-state index is 12.1. The van der Waals surface area contributed by atoms with E-state index in [2.05, 4.69) is 22.6 Å². The van der Waals surface area contributed by atoms with Crippen molar-refractivity contribution in [2.45, 2.75) is 45.6 Å². The van der Waals surface area contributed by atoms with Crippen molar-refractivity contribution in [1.82, 2.24) is 20.3 Å². The van der Waals surface area contributed by atoms with Crippen LogP contribution in [0.4, 0.5) is 0 Å². The van der Waals surface area contributed by atoms with E-state index < -0.39 is 0 Å². The average molecular weight is 250 g/mol. The molecule has 1 N–H and O–H groups in total. The van der Waals surface area contributed by atoms with Gasteiger partial charge in [-0.1, -0.05) is 25.5 Å². The summed E-state index contributed by atoms with van der Waals surface area (Å²) in [6.07, 6.45) is 5.88. The summed E-state index contributed by atoms with van der Waals surface area (Å²) in [5, 5.41) is 11.5. The lowest BCUT2D eigenvalue weighted by Gasteiger charge is -2.22. The predicted octanol–water partition coefficient (Wildman–Crippen LogP) is 1.82. The summed E-state index contributed by atoms with van der Waals surface area (Å²) in [4.78, 5) is 12.1. The number of Topliss-reactive ketones (excluding diaryl/α,β-unsaturated/α-hetero) is 1. The van der Waals surface area contributed by atoms with Crippen LogP contribution in [0, 0.1) is 5.92 Å². The molecule has 2 rings (SSSR count). The van der Waals surface area contributed by atoms with Crippen molar-refractivity contribution in [3.8, 4) is 0 Å². The number of hydrogen-bond acceptors (Lipinski definition) is 4. The highest BCUT2D eigenvalue weighted by Crippen LogP contribution is 2.18. The quantitative estimate of drug-likeness (QED) is 0.810. The molecule has 0 bridgehead atoms. The number of nitrogens with one attached hydrogen (secondary N) is 1. The first-order chi connectivity index (χ1) is 8.72. The molecular formula is C13H22N4O. The molecular weight excluding hydrogens is 228 g/mol. The van der Waals surface area contributed by atoms with Gasteiger partial charge in [0.05, 0.1) is 12.2 Å². The molecule has 0 aliphatic carbocycles. The van der Waals surface area contributed by atoms with Gasteiger partial charge in [-0.05, 0) is 32.4 Å². The maximum atomic E-state index is 12.1. The number of rotatable bonds is 5. The summed E-state index contributed by atoms with van der Waals surface area (Å²) in [5.74, 6) is 0.171. The molecule has 0 saturated carbocycles. The van der Waals surface area contributed by atoms with Gasteiger partial charge in [-0.3, -0.25) is 4.79 Å². The summed E-state index contributed by atoms with van der Waals surface area (Å²) in [7, 11) is 0. The Kier molecular flexibility index (Phi) is 4.47. The number of ketones is 1.